The van der Waals surface area contributed by atoms with E-state index in [-0.39, 0.29) is 17.8 Å². The lowest BCUT2D eigenvalue weighted by Crippen LogP contribution is -2.33. The van der Waals surface area contributed by atoms with Gasteiger partial charge in [-0.25, -0.2) is 4.98 Å². The Morgan fingerprint density at radius 3 is 2.67 bits per heavy atom. The van der Waals surface area contributed by atoms with Crippen molar-refractivity contribution in [2.24, 2.45) is 0 Å². The van der Waals surface area contributed by atoms with Crippen molar-refractivity contribution in [1.82, 2.24) is 14.9 Å². The molecule has 158 valence electrons. The number of hydrogen-bond donors (Lipinski definition) is 2. The van der Waals surface area contributed by atoms with Gasteiger partial charge in [0.15, 0.2) is 0 Å². The van der Waals surface area contributed by atoms with Crippen molar-refractivity contribution in [3.05, 3.63) is 69.2 Å². The maximum atomic E-state index is 13.0. The zero-order valence-corrected chi connectivity index (χ0v) is 16.8. The number of nitrogens with zero attached hydrogens (tertiary/aromatic N) is 2. The van der Waals surface area contributed by atoms with Crippen molar-refractivity contribution < 1.29 is 18.0 Å². The first-order chi connectivity index (χ1) is 14.1. The first-order valence-corrected chi connectivity index (χ1v) is 9.30. The summed E-state index contributed by atoms with van der Waals surface area (Å²) in [4.78, 5) is 33.3. The summed E-state index contributed by atoms with van der Waals surface area (Å²) in [5.41, 5.74) is -0.806. The minimum atomic E-state index is -4.63. The molecule has 0 radical (unpaired) electrons. The molecule has 2 N–H and O–H groups in total. The standard InChI is InChI=1S/C20H18ClF3N4O2/c1-11(18-26-16-6-4-3-5-13(16)19(30)27-18)28(2)10-17(29)25-12-7-8-15(21)14(9-12)20(22,23)24/h3-9,11H,10H2,1-2H3,(H,25,29)(H,26,27,30)/t11-/m0/s1. The Kier molecular flexibility index (Phi) is 6.14. The number of para-hydroxylation sites is 1. The quantitative estimate of drug-likeness (QED) is 0.625. The number of rotatable bonds is 5. The number of benzene rings is 2. The Morgan fingerprint density at radius 1 is 1.27 bits per heavy atom. The summed E-state index contributed by atoms with van der Waals surface area (Å²) in [7, 11) is 1.64. The average molecular weight is 439 g/mol. The Balaban J connectivity index is 1.72. The van der Waals surface area contributed by atoms with E-state index in [1.807, 2.05) is 0 Å². The van der Waals surface area contributed by atoms with Crippen LogP contribution >= 0.6 is 11.6 Å². The highest BCUT2D eigenvalue weighted by Crippen LogP contribution is 2.36. The van der Waals surface area contributed by atoms with Crippen LogP contribution in [-0.2, 0) is 11.0 Å². The summed E-state index contributed by atoms with van der Waals surface area (Å²) in [5.74, 6) is -0.150. The monoisotopic (exact) mass is 438 g/mol. The molecule has 0 aliphatic heterocycles. The van der Waals surface area contributed by atoms with E-state index in [2.05, 4.69) is 15.3 Å². The number of carbonyl (C=O) groups is 1. The number of nitrogens with one attached hydrogen (secondary N) is 2. The number of hydrogen-bond acceptors (Lipinski definition) is 4. The number of halogens is 4. The summed E-state index contributed by atoms with van der Waals surface area (Å²) in [5, 5.41) is 2.44. The topological polar surface area (TPSA) is 78.1 Å². The average Bonchev–Trinajstić information content (AvgIpc) is 2.67. The van der Waals surface area contributed by atoms with Crippen LogP contribution in [0.1, 0.15) is 24.4 Å². The van der Waals surface area contributed by atoms with Crippen molar-refractivity contribution in [3.8, 4) is 0 Å². The Labute approximate surface area is 174 Å². The second kappa shape index (κ2) is 8.45. The van der Waals surface area contributed by atoms with Gasteiger partial charge in [-0.1, -0.05) is 23.7 Å². The largest absolute Gasteiger partial charge is 0.417 e. The summed E-state index contributed by atoms with van der Waals surface area (Å²) in [6.45, 7) is 1.62. The van der Waals surface area contributed by atoms with Crippen LogP contribution in [0, 0.1) is 0 Å². The van der Waals surface area contributed by atoms with E-state index in [4.69, 9.17) is 11.6 Å². The Bertz CT molecular complexity index is 1150. The molecule has 0 unspecified atom stereocenters. The number of fused-ring (bicyclic) bond motifs is 1. The van der Waals surface area contributed by atoms with Crippen LogP contribution in [0.4, 0.5) is 18.9 Å². The van der Waals surface area contributed by atoms with E-state index in [0.717, 1.165) is 12.1 Å². The molecule has 30 heavy (non-hydrogen) atoms. The zero-order chi connectivity index (χ0) is 22.1. The van der Waals surface area contributed by atoms with Crippen LogP contribution in [0.25, 0.3) is 10.9 Å². The molecule has 1 atom stereocenters. The van der Waals surface area contributed by atoms with Crippen LogP contribution in [0.2, 0.25) is 5.02 Å². The molecule has 0 bridgehead atoms. The molecular formula is C20H18ClF3N4O2. The highest BCUT2D eigenvalue weighted by molar-refractivity contribution is 6.31. The minimum absolute atomic E-state index is 0.0185. The van der Waals surface area contributed by atoms with E-state index < -0.39 is 28.7 Å². The van der Waals surface area contributed by atoms with Crippen LogP contribution in [0.15, 0.2) is 47.3 Å². The molecule has 3 rings (SSSR count). The number of aromatic amines is 1. The number of likely N-dealkylation sites (N-methyl/N-ethyl adjacent to an activating group) is 1. The highest BCUT2D eigenvalue weighted by Gasteiger charge is 2.33. The van der Waals surface area contributed by atoms with Crippen molar-refractivity contribution in [2.45, 2.75) is 19.1 Å². The summed E-state index contributed by atoms with van der Waals surface area (Å²) in [6, 6.07) is 9.61. The lowest BCUT2D eigenvalue weighted by atomic mass is 10.2. The molecular weight excluding hydrogens is 421 g/mol. The van der Waals surface area contributed by atoms with Gasteiger partial charge in [-0.2, -0.15) is 13.2 Å². The molecule has 0 saturated heterocycles. The van der Waals surface area contributed by atoms with Gasteiger partial charge in [0.05, 0.1) is 34.1 Å². The van der Waals surface area contributed by atoms with E-state index in [0.29, 0.717) is 16.7 Å². The van der Waals surface area contributed by atoms with E-state index in [9.17, 15) is 22.8 Å². The minimum Gasteiger partial charge on any atom is -0.325 e. The number of aromatic nitrogens is 2. The maximum absolute atomic E-state index is 13.0. The van der Waals surface area contributed by atoms with Gasteiger partial charge < -0.3 is 10.3 Å². The number of carbonyl (C=O) groups excluding carboxylic acids is 1. The molecule has 0 fully saturated rings. The number of H-pyrrole nitrogens is 1. The van der Waals surface area contributed by atoms with Gasteiger partial charge >= 0.3 is 6.18 Å². The molecule has 0 saturated carbocycles. The molecule has 0 spiro atoms. The first kappa shape index (κ1) is 21.8. The SMILES string of the molecule is C[C@@H](c1nc2ccccc2c(=O)[nH]1)N(C)CC(=O)Nc1ccc(Cl)c(C(F)(F)F)c1. The predicted molar refractivity (Wildman–Crippen MR) is 108 cm³/mol. The van der Waals surface area contributed by atoms with Crippen molar-refractivity contribution in [3.63, 3.8) is 0 Å². The second-order valence-electron chi connectivity index (χ2n) is 6.80. The molecule has 0 aliphatic carbocycles. The van der Waals surface area contributed by atoms with E-state index in [1.54, 1.807) is 43.1 Å². The van der Waals surface area contributed by atoms with Crippen molar-refractivity contribution >= 4 is 34.1 Å². The third-order valence-electron chi connectivity index (χ3n) is 4.64. The van der Waals surface area contributed by atoms with Gasteiger partial charge in [0.2, 0.25) is 5.91 Å². The molecule has 1 amide bonds. The first-order valence-electron chi connectivity index (χ1n) is 8.92. The van der Waals surface area contributed by atoms with Crippen LogP contribution in [0.3, 0.4) is 0 Å². The molecule has 1 aromatic heterocycles. The van der Waals surface area contributed by atoms with Gasteiger partial charge in [-0.3, -0.25) is 14.5 Å². The number of anilines is 1. The third-order valence-corrected chi connectivity index (χ3v) is 4.97. The van der Waals surface area contributed by atoms with E-state index in [1.165, 1.54) is 6.07 Å². The van der Waals surface area contributed by atoms with Gasteiger partial charge in [0.25, 0.3) is 5.56 Å². The van der Waals surface area contributed by atoms with Gasteiger partial charge in [-0.05, 0) is 44.3 Å². The second-order valence-corrected chi connectivity index (χ2v) is 7.21. The molecule has 1 heterocycles. The van der Waals surface area contributed by atoms with Gasteiger partial charge in [0, 0.05) is 5.69 Å². The highest BCUT2D eigenvalue weighted by atomic mass is 35.5. The van der Waals surface area contributed by atoms with Crippen molar-refractivity contribution in [2.75, 3.05) is 18.9 Å². The predicted octanol–water partition coefficient (Wildman–Crippen LogP) is 4.23. The lowest BCUT2D eigenvalue weighted by Gasteiger charge is -2.23. The van der Waals surface area contributed by atoms with Crippen LogP contribution in [-0.4, -0.2) is 34.4 Å². The molecule has 2 aromatic carbocycles. The molecule has 10 heteroatoms. The molecule has 0 aliphatic rings. The van der Waals surface area contributed by atoms with Gasteiger partial charge in [-0.15, -0.1) is 0 Å². The molecule has 3 aromatic rings. The van der Waals surface area contributed by atoms with Crippen LogP contribution < -0.4 is 10.9 Å². The lowest BCUT2D eigenvalue weighted by molar-refractivity contribution is -0.137. The Morgan fingerprint density at radius 2 is 1.97 bits per heavy atom. The third kappa shape index (κ3) is 4.80. The number of alkyl halides is 3. The fourth-order valence-electron chi connectivity index (χ4n) is 2.90. The smallest absolute Gasteiger partial charge is 0.325 e. The summed E-state index contributed by atoms with van der Waals surface area (Å²) >= 11 is 5.59. The van der Waals surface area contributed by atoms with Crippen LogP contribution in [0.5, 0.6) is 0 Å². The maximum Gasteiger partial charge on any atom is 0.417 e. The fraction of sp³-hybridized carbons (Fsp3) is 0.250. The Hall–Kier alpha value is -2.91. The summed E-state index contributed by atoms with van der Waals surface area (Å²) < 4.78 is 38.9. The summed E-state index contributed by atoms with van der Waals surface area (Å²) in [6.07, 6.45) is -4.63. The fourth-order valence-corrected chi connectivity index (χ4v) is 3.12. The van der Waals surface area contributed by atoms with Crippen molar-refractivity contribution in [1.29, 1.82) is 0 Å². The van der Waals surface area contributed by atoms with Gasteiger partial charge in [0.1, 0.15) is 5.82 Å². The zero-order valence-electron chi connectivity index (χ0n) is 16.0. The number of amides is 1. The molecule has 6 nitrogen and oxygen atoms in total. The van der Waals surface area contributed by atoms with E-state index >= 15 is 0 Å². The normalized spacial score (nSPS) is 12.9.